The van der Waals surface area contributed by atoms with Crippen molar-refractivity contribution in [2.75, 3.05) is 10.6 Å². The molecule has 1 unspecified atom stereocenters. The number of carbonyl (C=O) groups is 1. The Morgan fingerprint density at radius 1 is 1.10 bits per heavy atom. The van der Waals surface area contributed by atoms with Crippen LogP contribution in [0.25, 0.3) is 11.0 Å². The number of benzene rings is 3. The summed E-state index contributed by atoms with van der Waals surface area (Å²) in [6.07, 6.45) is 0. The van der Waals surface area contributed by atoms with Crippen molar-refractivity contribution in [1.29, 1.82) is 0 Å². The molecule has 6 nitrogen and oxygen atoms in total. The van der Waals surface area contributed by atoms with Crippen molar-refractivity contribution in [1.82, 2.24) is 9.55 Å². The van der Waals surface area contributed by atoms with Gasteiger partial charge in [0.05, 0.1) is 22.6 Å². The third kappa shape index (κ3) is 3.41. The molecule has 2 heterocycles. The Kier molecular flexibility index (Phi) is 4.64. The fourth-order valence-corrected chi connectivity index (χ4v) is 4.13. The summed E-state index contributed by atoms with van der Waals surface area (Å²) in [5.74, 6) is 0.538. The van der Waals surface area contributed by atoms with Gasteiger partial charge in [-0.05, 0) is 61.0 Å². The fourth-order valence-electron chi connectivity index (χ4n) is 4.00. The minimum atomic E-state index is -0.469. The van der Waals surface area contributed by atoms with Crippen LogP contribution in [-0.2, 0) is 4.79 Å². The number of phenols is 1. The number of nitrogens with one attached hydrogen (secondary N) is 2. The molecule has 1 atom stereocenters. The first-order valence-electron chi connectivity index (χ1n) is 9.82. The molecule has 0 saturated heterocycles. The molecule has 0 spiro atoms. The summed E-state index contributed by atoms with van der Waals surface area (Å²) in [6.45, 7) is 1.86. The van der Waals surface area contributed by atoms with Gasteiger partial charge in [-0.2, -0.15) is 0 Å². The van der Waals surface area contributed by atoms with Gasteiger partial charge in [-0.3, -0.25) is 9.36 Å². The lowest BCUT2D eigenvalue weighted by Crippen LogP contribution is -2.30. The number of halogens is 1. The molecule has 1 aromatic heterocycles. The van der Waals surface area contributed by atoms with E-state index < -0.39 is 6.04 Å². The largest absolute Gasteiger partial charge is 0.508 e. The molecule has 1 amide bonds. The zero-order valence-corrected chi connectivity index (χ0v) is 17.4. The lowest BCUT2D eigenvalue weighted by atomic mass is 9.94. The highest BCUT2D eigenvalue weighted by Crippen LogP contribution is 2.40. The number of hydrogen-bond acceptors (Lipinski definition) is 4. The highest BCUT2D eigenvalue weighted by Gasteiger charge is 2.34. The lowest BCUT2D eigenvalue weighted by molar-refractivity contribution is -0.113. The maximum atomic E-state index is 13.5. The van der Waals surface area contributed by atoms with E-state index in [-0.39, 0.29) is 11.7 Å². The minimum Gasteiger partial charge on any atom is -0.508 e. The van der Waals surface area contributed by atoms with Crippen molar-refractivity contribution < 1.29 is 9.90 Å². The quantitative estimate of drug-likeness (QED) is 0.411. The number of allylic oxidation sites excluding steroid dienone is 1. The van der Waals surface area contributed by atoms with E-state index in [0.717, 1.165) is 16.6 Å². The van der Waals surface area contributed by atoms with Gasteiger partial charge in [0.15, 0.2) is 0 Å². The van der Waals surface area contributed by atoms with Gasteiger partial charge < -0.3 is 15.7 Å². The number of hydrogen-bond donors (Lipinski definition) is 3. The molecule has 7 heteroatoms. The first-order valence-corrected chi connectivity index (χ1v) is 10.2. The molecular formula is C24H19ClN4O2. The van der Waals surface area contributed by atoms with Gasteiger partial charge in [0.1, 0.15) is 5.75 Å². The Balaban J connectivity index is 1.66. The minimum absolute atomic E-state index is 0.136. The molecule has 1 aliphatic rings. The summed E-state index contributed by atoms with van der Waals surface area (Å²) in [6, 6.07) is 21.2. The molecule has 4 aromatic rings. The van der Waals surface area contributed by atoms with Gasteiger partial charge in [0.25, 0.3) is 5.91 Å². The van der Waals surface area contributed by atoms with Crippen molar-refractivity contribution in [3.8, 4) is 5.75 Å². The molecule has 0 radical (unpaired) electrons. The molecule has 0 aliphatic carbocycles. The fraction of sp³-hybridized carbons (Fsp3) is 0.0833. The van der Waals surface area contributed by atoms with E-state index in [2.05, 4.69) is 10.6 Å². The van der Waals surface area contributed by atoms with Gasteiger partial charge >= 0.3 is 0 Å². The Hall–Kier alpha value is -3.77. The topological polar surface area (TPSA) is 79.2 Å². The Labute approximate surface area is 183 Å². The van der Waals surface area contributed by atoms with Crippen molar-refractivity contribution in [3.05, 3.63) is 94.7 Å². The van der Waals surface area contributed by atoms with Gasteiger partial charge in [0.2, 0.25) is 5.95 Å². The second-order valence-corrected chi connectivity index (χ2v) is 7.85. The maximum absolute atomic E-state index is 13.5. The number of aromatic nitrogens is 2. The molecule has 5 rings (SSSR count). The van der Waals surface area contributed by atoms with Crippen LogP contribution in [0.2, 0.25) is 5.02 Å². The first-order chi connectivity index (χ1) is 15.0. The molecule has 31 heavy (non-hydrogen) atoms. The molecule has 0 saturated carbocycles. The van der Waals surface area contributed by atoms with Crippen LogP contribution in [0.4, 0.5) is 11.6 Å². The predicted octanol–water partition coefficient (Wildman–Crippen LogP) is 5.32. The SMILES string of the molecule is CC1=C(C(=O)Nc2ccc(Cl)cc2)C(c2cccc(O)c2)n2c(nc3ccccc32)N1. The highest BCUT2D eigenvalue weighted by atomic mass is 35.5. The Morgan fingerprint density at radius 2 is 1.87 bits per heavy atom. The van der Waals surface area contributed by atoms with Crippen LogP contribution in [0, 0.1) is 0 Å². The van der Waals surface area contributed by atoms with Gasteiger partial charge in [0, 0.05) is 16.4 Å². The van der Waals surface area contributed by atoms with E-state index in [1.54, 1.807) is 42.5 Å². The summed E-state index contributed by atoms with van der Waals surface area (Å²) in [5.41, 5.74) is 4.38. The number of aromatic hydroxyl groups is 1. The van der Waals surface area contributed by atoms with E-state index in [0.29, 0.717) is 27.9 Å². The van der Waals surface area contributed by atoms with E-state index in [1.165, 1.54) is 0 Å². The third-order valence-electron chi connectivity index (χ3n) is 5.36. The van der Waals surface area contributed by atoms with Crippen molar-refractivity contribution >= 4 is 40.2 Å². The van der Waals surface area contributed by atoms with E-state index in [9.17, 15) is 9.90 Å². The van der Waals surface area contributed by atoms with Crippen LogP contribution >= 0.6 is 11.6 Å². The third-order valence-corrected chi connectivity index (χ3v) is 5.62. The van der Waals surface area contributed by atoms with E-state index in [1.807, 2.05) is 41.8 Å². The van der Waals surface area contributed by atoms with Crippen molar-refractivity contribution in [2.24, 2.45) is 0 Å². The van der Waals surface area contributed by atoms with Crippen LogP contribution in [-0.4, -0.2) is 20.6 Å². The molecular weight excluding hydrogens is 412 g/mol. The monoisotopic (exact) mass is 430 g/mol. The number of nitrogens with zero attached hydrogens (tertiary/aromatic N) is 2. The normalized spacial score (nSPS) is 15.5. The van der Waals surface area contributed by atoms with Gasteiger partial charge in [-0.25, -0.2) is 4.98 Å². The zero-order chi connectivity index (χ0) is 21.5. The van der Waals surface area contributed by atoms with Gasteiger partial charge in [-0.15, -0.1) is 0 Å². The number of amides is 1. The van der Waals surface area contributed by atoms with Crippen LogP contribution in [0.5, 0.6) is 5.75 Å². The Bertz CT molecular complexity index is 1340. The second kappa shape index (κ2) is 7.49. The number of para-hydroxylation sites is 2. The van der Waals surface area contributed by atoms with Crippen molar-refractivity contribution in [2.45, 2.75) is 13.0 Å². The predicted molar refractivity (Wildman–Crippen MR) is 122 cm³/mol. The lowest BCUT2D eigenvalue weighted by Gasteiger charge is -2.30. The number of imidazole rings is 1. The molecule has 1 aliphatic heterocycles. The molecule has 0 fully saturated rings. The number of rotatable bonds is 3. The summed E-state index contributed by atoms with van der Waals surface area (Å²) in [7, 11) is 0. The zero-order valence-electron chi connectivity index (χ0n) is 16.6. The summed E-state index contributed by atoms with van der Waals surface area (Å²) >= 11 is 5.97. The second-order valence-electron chi connectivity index (χ2n) is 7.42. The highest BCUT2D eigenvalue weighted by molar-refractivity contribution is 6.30. The summed E-state index contributed by atoms with van der Waals surface area (Å²) in [4.78, 5) is 18.2. The smallest absolute Gasteiger partial charge is 0.255 e. The standard InChI is InChI=1S/C24H19ClN4O2/c1-14-21(23(31)27-17-11-9-16(25)10-12-17)22(15-5-4-6-18(30)13-15)29-20-8-3-2-7-19(20)28-24(29)26-14/h2-13,22,30H,1H3,(H,26,28)(H,27,31). The van der Waals surface area contributed by atoms with Crippen LogP contribution < -0.4 is 10.6 Å². The Morgan fingerprint density at radius 3 is 2.65 bits per heavy atom. The number of fused-ring (bicyclic) bond motifs is 3. The molecule has 0 bridgehead atoms. The molecule has 3 N–H and O–H groups in total. The van der Waals surface area contributed by atoms with E-state index >= 15 is 0 Å². The van der Waals surface area contributed by atoms with E-state index in [4.69, 9.17) is 16.6 Å². The van der Waals surface area contributed by atoms with Gasteiger partial charge in [-0.1, -0.05) is 35.9 Å². The maximum Gasteiger partial charge on any atom is 0.255 e. The number of anilines is 2. The average molecular weight is 431 g/mol. The van der Waals surface area contributed by atoms with Crippen molar-refractivity contribution in [3.63, 3.8) is 0 Å². The number of carbonyl (C=O) groups excluding carboxylic acids is 1. The summed E-state index contributed by atoms with van der Waals surface area (Å²) in [5, 5.41) is 17.0. The summed E-state index contributed by atoms with van der Waals surface area (Å²) < 4.78 is 1.99. The number of phenolic OH excluding ortho intramolecular Hbond substituents is 1. The first kappa shape index (κ1) is 19.2. The average Bonchev–Trinajstić information content (AvgIpc) is 3.12. The van der Waals surface area contributed by atoms with Crippen LogP contribution in [0.1, 0.15) is 18.5 Å². The molecule has 154 valence electrons. The van der Waals surface area contributed by atoms with Crippen LogP contribution in [0.3, 0.4) is 0 Å². The van der Waals surface area contributed by atoms with Crippen LogP contribution in [0.15, 0.2) is 84.1 Å². The molecule has 3 aromatic carbocycles.